The summed E-state index contributed by atoms with van der Waals surface area (Å²) in [5, 5.41) is 0. The third kappa shape index (κ3) is 4.48. The summed E-state index contributed by atoms with van der Waals surface area (Å²) < 4.78 is 45.4. The zero-order valence-electron chi connectivity index (χ0n) is 19.4. The van der Waals surface area contributed by atoms with E-state index < -0.39 is 11.7 Å². The van der Waals surface area contributed by atoms with Crippen LogP contribution in [0.3, 0.4) is 0 Å². The minimum absolute atomic E-state index is 0.292. The van der Waals surface area contributed by atoms with Crippen LogP contribution in [0.2, 0.25) is 0 Å². The lowest BCUT2D eigenvalue weighted by Gasteiger charge is -2.22. The van der Waals surface area contributed by atoms with Crippen LogP contribution < -0.4 is 4.74 Å². The molecule has 2 heterocycles. The summed E-state index contributed by atoms with van der Waals surface area (Å²) in [6, 6.07) is 15.2. The van der Waals surface area contributed by atoms with Crippen molar-refractivity contribution in [1.82, 2.24) is 14.9 Å². The molecule has 0 unspecified atom stereocenters. The summed E-state index contributed by atoms with van der Waals surface area (Å²) in [7, 11) is 0. The van der Waals surface area contributed by atoms with Gasteiger partial charge in [-0.15, -0.1) is 0 Å². The van der Waals surface area contributed by atoms with Gasteiger partial charge in [-0.1, -0.05) is 19.1 Å². The lowest BCUT2D eigenvalue weighted by Crippen LogP contribution is -2.33. The molecule has 0 atom stereocenters. The van der Waals surface area contributed by atoms with Gasteiger partial charge in [-0.3, -0.25) is 4.79 Å². The Morgan fingerprint density at radius 1 is 1.09 bits per heavy atom. The van der Waals surface area contributed by atoms with Gasteiger partial charge >= 0.3 is 6.18 Å². The number of halogens is 3. The molecule has 1 N–H and O–H groups in total. The summed E-state index contributed by atoms with van der Waals surface area (Å²) in [5.41, 5.74) is 4.58. The number of imidazole rings is 1. The third-order valence-corrected chi connectivity index (χ3v) is 6.31. The fourth-order valence-corrected chi connectivity index (χ4v) is 4.51. The molecular formula is C27H24F3N3O2. The standard InChI is InChI=1S/C27H24F3N3O2/c1-3-17-13-21(27(28,29)30)6-7-22(17)26(34)33-10-11-35-25-9-5-18(12-20(25)15-33)19-4-8-23-24(14-19)32-16(2)31-23/h4-9,12-14H,3,10-11,15H2,1-2H3,(H,31,32). The van der Waals surface area contributed by atoms with Crippen molar-refractivity contribution in [3.63, 3.8) is 0 Å². The number of aromatic amines is 1. The molecule has 3 aromatic carbocycles. The van der Waals surface area contributed by atoms with Crippen molar-refractivity contribution in [3.05, 3.63) is 82.7 Å². The highest BCUT2D eigenvalue weighted by Crippen LogP contribution is 2.33. The molecule has 35 heavy (non-hydrogen) atoms. The smallest absolute Gasteiger partial charge is 0.416 e. The predicted octanol–water partition coefficient (Wildman–Crippen LogP) is 6.15. The number of aromatic nitrogens is 2. The molecule has 0 fully saturated rings. The number of carbonyl (C=O) groups excluding carboxylic acids is 1. The lowest BCUT2D eigenvalue weighted by molar-refractivity contribution is -0.137. The van der Waals surface area contributed by atoms with Gasteiger partial charge in [-0.2, -0.15) is 13.2 Å². The van der Waals surface area contributed by atoms with Crippen LogP contribution in [0.5, 0.6) is 5.75 Å². The number of amides is 1. The van der Waals surface area contributed by atoms with Crippen molar-refractivity contribution in [3.8, 4) is 16.9 Å². The van der Waals surface area contributed by atoms with Crippen molar-refractivity contribution in [2.45, 2.75) is 33.0 Å². The van der Waals surface area contributed by atoms with E-state index in [1.807, 2.05) is 43.3 Å². The molecule has 4 aromatic rings. The molecule has 5 rings (SSSR count). The number of alkyl halides is 3. The fourth-order valence-electron chi connectivity index (χ4n) is 4.51. The fraction of sp³-hybridized carbons (Fsp3) is 0.259. The van der Waals surface area contributed by atoms with Gasteiger partial charge in [0, 0.05) is 17.7 Å². The van der Waals surface area contributed by atoms with E-state index in [1.54, 1.807) is 11.8 Å². The van der Waals surface area contributed by atoms with Gasteiger partial charge < -0.3 is 14.6 Å². The second-order valence-corrected chi connectivity index (χ2v) is 8.68. The molecular weight excluding hydrogens is 455 g/mol. The van der Waals surface area contributed by atoms with E-state index in [2.05, 4.69) is 9.97 Å². The van der Waals surface area contributed by atoms with Gasteiger partial charge in [0.1, 0.15) is 18.2 Å². The van der Waals surface area contributed by atoms with Crippen LogP contribution in [0.1, 0.15) is 39.8 Å². The molecule has 0 spiro atoms. The van der Waals surface area contributed by atoms with Crippen molar-refractivity contribution in [2.24, 2.45) is 0 Å². The second-order valence-electron chi connectivity index (χ2n) is 8.68. The highest BCUT2D eigenvalue weighted by molar-refractivity contribution is 5.96. The maximum atomic E-state index is 13.4. The summed E-state index contributed by atoms with van der Waals surface area (Å²) >= 11 is 0. The SMILES string of the molecule is CCc1cc(C(F)(F)F)ccc1C(=O)N1CCOc2ccc(-c3ccc4nc(C)[nH]c4c3)cc2C1. The summed E-state index contributed by atoms with van der Waals surface area (Å²) in [5.74, 6) is 1.24. The Labute approximate surface area is 200 Å². The van der Waals surface area contributed by atoms with E-state index in [9.17, 15) is 18.0 Å². The van der Waals surface area contributed by atoms with Gasteiger partial charge in [0.2, 0.25) is 0 Å². The van der Waals surface area contributed by atoms with Gasteiger partial charge in [-0.25, -0.2) is 4.98 Å². The molecule has 0 aliphatic carbocycles. The first-order valence-electron chi connectivity index (χ1n) is 11.4. The van der Waals surface area contributed by atoms with Crippen LogP contribution in [0.15, 0.2) is 54.6 Å². The molecule has 1 aliphatic rings. The number of fused-ring (bicyclic) bond motifs is 2. The van der Waals surface area contributed by atoms with Crippen LogP contribution in [-0.4, -0.2) is 33.9 Å². The van der Waals surface area contributed by atoms with Gasteiger partial charge in [0.05, 0.1) is 23.1 Å². The zero-order valence-corrected chi connectivity index (χ0v) is 19.4. The van der Waals surface area contributed by atoms with E-state index in [1.165, 1.54) is 6.07 Å². The number of rotatable bonds is 3. The van der Waals surface area contributed by atoms with E-state index in [-0.39, 0.29) is 5.91 Å². The Hall–Kier alpha value is -3.81. The van der Waals surface area contributed by atoms with E-state index >= 15 is 0 Å². The first kappa shape index (κ1) is 23.0. The Kier molecular flexibility index (Phi) is 5.75. The minimum Gasteiger partial charge on any atom is -0.491 e. The monoisotopic (exact) mass is 479 g/mol. The molecule has 0 saturated carbocycles. The summed E-state index contributed by atoms with van der Waals surface area (Å²) in [6.45, 7) is 4.60. The summed E-state index contributed by atoms with van der Waals surface area (Å²) in [4.78, 5) is 22.7. The van der Waals surface area contributed by atoms with Crippen LogP contribution in [0.4, 0.5) is 13.2 Å². The zero-order chi connectivity index (χ0) is 24.7. The number of hydrogen-bond acceptors (Lipinski definition) is 3. The Balaban J connectivity index is 1.45. The normalized spacial score (nSPS) is 13.9. The van der Waals surface area contributed by atoms with Gasteiger partial charge in [0.25, 0.3) is 5.91 Å². The average molecular weight is 480 g/mol. The lowest BCUT2D eigenvalue weighted by atomic mass is 9.99. The largest absolute Gasteiger partial charge is 0.491 e. The van der Waals surface area contributed by atoms with E-state index in [4.69, 9.17) is 4.74 Å². The van der Waals surface area contributed by atoms with Crippen LogP contribution >= 0.6 is 0 Å². The van der Waals surface area contributed by atoms with Crippen LogP contribution in [0, 0.1) is 6.92 Å². The molecule has 1 aliphatic heterocycles. The number of nitrogens with zero attached hydrogens (tertiary/aromatic N) is 2. The number of H-pyrrole nitrogens is 1. The molecule has 0 bridgehead atoms. The number of ether oxygens (including phenoxy) is 1. The maximum absolute atomic E-state index is 13.4. The van der Waals surface area contributed by atoms with Gasteiger partial charge in [0.15, 0.2) is 0 Å². The first-order chi connectivity index (χ1) is 16.7. The quantitative estimate of drug-likeness (QED) is 0.383. The Morgan fingerprint density at radius 3 is 2.63 bits per heavy atom. The highest BCUT2D eigenvalue weighted by atomic mass is 19.4. The minimum atomic E-state index is -4.45. The number of aryl methyl sites for hydroxylation is 2. The molecule has 0 saturated heterocycles. The van der Waals surface area contributed by atoms with Crippen molar-refractivity contribution in [2.75, 3.05) is 13.2 Å². The third-order valence-electron chi connectivity index (χ3n) is 6.31. The number of hydrogen-bond donors (Lipinski definition) is 1. The summed E-state index contributed by atoms with van der Waals surface area (Å²) in [6.07, 6.45) is -4.12. The van der Waals surface area contributed by atoms with Gasteiger partial charge in [-0.05, 0) is 72.5 Å². The molecule has 0 radical (unpaired) electrons. The molecule has 5 nitrogen and oxygen atoms in total. The number of benzene rings is 3. The first-order valence-corrected chi connectivity index (χ1v) is 11.4. The molecule has 1 amide bonds. The van der Waals surface area contributed by atoms with Crippen LogP contribution in [0.25, 0.3) is 22.2 Å². The van der Waals surface area contributed by atoms with Crippen molar-refractivity contribution < 1.29 is 22.7 Å². The Morgan fingerprint density at radius 2 is 1.86 bits per heavy atom. The number of carbonyl (C=O) groups is 1. The topological polar surface area (TPSA) is 58.2 Å². The number of nitrogens with one attached hydrogen (secondary N) is 1. The molecule has 180 valence electrons. The van der Waals surface area contributed by atoms with Crippen LogP contribution in [-0.2, 0) is 19.1 Å². The molecule has 8 heteroatoms. The second kappa shape index (κ2) is 8.76. The van der Waals surface area contributed by atoms with Crippen molar-refractivity contribution in [1.29, 1.82) is 0 Å². The predicted molar refractivity (Wildman–Crippen MR) is 127 cm³/mol. The van der Waals surface area contributed by atoms with E-state index in [0.29, 0.717) is 43.0 Å². The maximum Gasteiger partial charge on any atom is 0.416 e. The Bertz CT molecular complexity index is 1430. The van der Waals surface area contributed by atoms with E-state index in [0.717, 1.165) is 45.7 Å². The molecule has 1 aromatic heterocycles. The average Bonchev–Trinajstić information content (AvgIpc) is 3.08. The van der Waals surface area contributed by atoms with Crippen molar-refractivity contribution >= 4 is 16.9 Å². The highest BCUT2D eigenvalue weighted by Gasteiger charge is 2.32.